The third-order valence-corrected chi connectivity index (χ3v) is 4.33. The van der Waals surface area contributed by atoms with Crippen molar-refractivity contribution in [2.45, 2.75) is 18.5 Å². The molecule has 0 saturated carbocycles. The molecule has 3 N–H and O–H groups in total. The molecule has 2 fully saturated rings. The van der Waals surface area contributed by atoms with Crippen molar-refractivity contribution in [2.75, 3.05) is 18.4 Å². The van der Waals surface area contributed by atoms with Gasteiger partial charge in [0, 0.05) is 12.6 Å². The van der Waals surface area contributed by atoms with Crippen LogP contribution in [-0.2, 0) is 19.2 Å². The van der Waals surface area contributed by atoms with Gasteiger partial charge in [-0.25, -0.2) is 0 Å². The molecule has 0 aliphatic carbocycles. The first-order valence-corrected chi connectivity index (χ1v) is 7.77. The molecule has 24 heavy (non-hydrogen) atoms. The maximum absolute atomic E-state index is 12.0. The fourth-order valence-electron chi connectivity index (χ4n) is 2.84. The van der Waals surface area contributed by atoms with Crippen LogP contribution >= 0.6 is 11.6 Å². The van der Waals surface area contributed by atoms with E-state index in [1.54, 1.807) is 24.3 Å². The highest BCUT2D eigenvalue weighted by molar-refractivity contribution is 6.41. The SMILES string of the molecule is O=C(Nc1ccccc1Cl)C(=O)N[C@@H]1C[C@H]2C(=O)NCC(=O)N2C1. The first-order chi connectivity index (χ1) is 11.5. The van der Waals surface area contributed by atoms with Gasteiger partial charge in [-0.05, 0) is 18.6 Å². The number of rotatable bonds is 2. The summed E-state index contributed by atoms with van der Waals surface area (Å²) in [6, 6.07) is 5.50. The minimum atomic E-state index is -0.858. The number of carbonyl (C=O) groups is 4. The summed E-state index contributed by atoms with van der Waals surface area (Å²) < 4.78 is 0. The van der Waals surface area contributed by atoms with Crippen LogP contribution in [0.4, 0.5) is 5.69 Å². The molecular weight excluding hydrogens is 336 g/mol. The number of fused-ring (bicyclic) bond motifs is 1. The average Bonchev–Trinajstić information content (AvgIpc) is 2.98. The van der Waals surface area contributed by atoms with Crippen LogP contribution in [0.2, 0.25) is 5.02 Å². The van der Waals surface area contributed by atoms with Gasteiger partial charge in [0.15, 0.2) is 0 Å². The molecule has 0 unspecified atom stereocenters. The fraction of sp³-hybridized carbons (Fsp3) is 0.333. The van der Waals surface area contributed by atoms with Crippen molar-refractivity contribution in [3.63, 3.8) is 0 Å². The minimum absolute atomic E-state index is 0.0387. The van der Waals surface area contributed by atoms with E-state index in [1.807, 2.05) is 0 Å². The number of nitrogens with one attached hydrogen (secondary N) is 3. The Balaban J connectivity index is 1.59. The maximum atomic E-state index is 12.0. The van der Waals surface area contributed by atoms with Crippen LogP contribution in [0.3, 0.4) is 0 Å². The number of nitrogens with zero attached hydrogens (tertiary/aromatic N) is 1. The summed E-state index contributed by atoms with van der Waals surface area (Å²) in [5, 5.41) is 7.79. The minimum Gasteiger partial charge on any atom is -0.345 e. The number of carbonyl (C=O) groups excluding carboxylic acids is 4. The normalized spacial score (nSPS) is 22.6. The Morgan fingerprint density at radius 3 is 2.67 bits per heavy atom. The van der Waals surface area contributed by atoms with Crippen molar-refractivity contribution in [3.8, 4) is 0 Å². The molecule has 2 saturated heterocycles. The summed E-state index contributed by atoms with van der Waals surface area (Å²) in [7, 11) is 0. The molecule has 1 aromatic carbocycles. The zero-order valence-electron chi connectivity index (χ0n) is 12.5. The van der Waals surface area contributed by atoms with Crippen LogP contribution in [0.15, 0.2) is 24.3 Å². The highest BCUT2D eigenvalue weighted by Crippen LogP contribution is 2.22. The zero-order chi connectivity index (χ0) is 17.3. The van der Waals surface area contributed by atoms with E-state index in [4.69, 9.17) is 11.6 Å². The van der Waals surface area contributed by atoms with Crippen LogP contribution in [0.25, 0.3) is 0 Å². The second-order valence-electron chi connectivity index (χ2n) is 5.62. The smallest absolute Gasteiger partial charge is 0.313 e. The number of hydrogen-bond acceptors (Lipinski definition) is 4. The quantitative estimate of drug-likeness (QED) is 0.624. The Bertz CT molecular complexity index is 699. The standard InChI is InChI=1S/C15H15ClN4O4/c16-9-3-1-2-4-10(9)19-15(24)14(23)18-8-5-11-13(22)17-6-12(21)20(11)7-8/h1-4,8,11H,5-7H2,(H,17,22)(H,18,23)(H,19,24)/t8-,11+/m1/s1. The van der Waals surface area contributed by atoms with Crippen LogP contribution < -0.4 is 16.0 Å². The largest absolute Gasteiger partial charge is 0.345 e. The lowest BCUT2D eigenvalue weighted by Gasteiger charge is -2.28. The molecule has 1 aromatic rings. The maximum Gasteiger partial charge on any atom is 0.313 e. The highest BCUT2D eigenvalue weighted by Gasteiger charge is 2.43. The summed E-state index contributed by atoms with van der Waals surface area (Å²) in [4.78, 5) is 48.9. The lowest BCUT2D eigenvalue weighted by Crippen LogP contribution is -2.55. The molecule has 0 bridgehead atoms. The lowest BCUT2D eigenvalue weighted by atomic mass is 10.1. The summed E-state index contributed by atoms with van der Waals surface area (Å²) in [5.41, 5.74) is 0.331. The third kappa shape index (κ3) is 3.18. The predicted molar refractivity (Wildman–Crippen MR) is 85.1 cm³/mol. The van der Waals surface area contributed by atoms with E-state index in [0.29, 0.717) is 10.7 Å². The highest BCUT2D eigenvalue weighted by atomic mass is 35.5. The van der Waals surface area contributed by atoms with Crippen molar-refractivity contribution in [3.05, 3.63) is 29.3 Å². The van der Waals surface area contributed by atoms with Gasteiger partial charge in [-0.2, -0.15) is 0 Å². The van der Waals surface area contributed by atoms with Gasteiger partial charge in [-0.3, -0.25) is 19.2 Å². The van der Waals surface area contributed by atoms with E-state index in [9.17, 15) is 19.2 Å². The van der Waals surface area contributed by atoms with Gasteiger partial charge in [0.2, 0.25) is 11.8 Å². The Kier molecular flexibility index (Phi) is 4.39. The summed E-state index contributed by atoms with van der Waals surface area (Å²) in [6.07, 6.45) is 0.280. The van der Waals surface area contributed by atoms with Crippen molar-refractivity contribution in [1.82, 2.24) is 15.5 Å². The fourth-order valence-corrected chi connectivity index (χ4v) is 3.02. The molecule has 2 heterocycles. The van der Waals surface area contributed by atoms with Crippen molar-refractivity contribution < 1.29 is 19.2 Å². The van der Waals surface area contributed by atoms with Gasteiger partial charge in [0.25, 0.3) is 0 Å². The molecule has 0 aromatic heterocycles. The molecule has 3 rings (SSSR count). The molecule has 0 spiro atoms. The first kappa shape index (κ1) is 16.3. The van der Waals surface area contributed by atoms with E-state index in [-0.39, 0.29) is 31.3 Å². The van der Waals surface area contributed by atoms with E-state index in [1.165, 1.54) is 4.90 Å². The predicted octanol–water partition coefficient (Wildman–Crippen LogP) is -0.506. The second kappa shape index (κ2) is 6.48. The number of piperazine rings is 1. The molecule has 4 amide bonds. The number of hydrogen-bond donors (Lipinski definition) is 3. The van der Waals surface area contributed by atoms with E-state index < -0.39 is 23.9 Å². The van der Waals surface area contributed by atoms with Gasteiger partial charge >= 0.3 is 11.8 Å². The average molecular weight is 351 g/mol. The van der Waals surface area contributed by atoms with Gasteiger partial charge in [0.05, 0.1) is 17.3 Å². The zero-order valence-corrected chi connectivity index (χ0v) is 13.3. The Morgan fingerprint density at radius 2 is 1.96 bits per heavy atom. The number of para-hydroxylation sites is 1. The van der Waals surface area contributed by atoms with Gasteiger partial charge in [0.1, 0.15) is 6.04 Å². The lowest BCUT2D eigenvalue weighted by molar-refractivity contribution is -0.143. The molecule has 9 heteroatoms. The van der Waals surface area contributed by atoms with Crippen molar-refractivity contribution in [1.29, 1.82) is 0 Å². The monoisotopic (exact) mass is 350 g/mol. The van der Waals surface area contributed by atoms with Crippen LogP contribution in [0, 0.1) is 0 Å². The van der Waals surface area contributed by atoms with E-state index in [2.05, 4.69) is 16.0 Å². The van der Waals surface area contributed by atoms with Crippen LogP contribution in [-0.4, -0.2) is 53.7 Å². The topological polar surface area (TPSA) is 108 Å². The molecule has 2 atom stereocenters. The number of amides is 4. The Hall–Kier alpha value is -2.61. The molecule has 8 nitrogen and oxygen atoms in total. The molecule has 0 radical (unpaired) electrons. The number of halogens is 1. The van der Waals surface area contributed by atoms with E-state index >= 15 is 0 Å². The molecule has 2 aliphatic heterocycles. The molecular formula is C15H15ClN4O4. The summed E-state index contributed by atoms with van der Waals surface area (Å²) in [6.45, 7) is 0.172. The molecule has 126 valence electrons. The summed E-state index contributed by atoms with van der Waals surface area (Å²) in [5.74, 6) is -2.14. The Labute approximate surface area is 142 Å². The van der Waals surface area contributed by atoms with Crippen LogP contribution in [0.5, 0.6) is 0 Å². The van der Waals surface area contributed by atoms with Crippen molar-refractivity contribution in [2.24, 2.45) is 0 Å². The number of benzene rings is 1. The number of anilines is 1. The van der Waals surface area contributed by atoms with Gasteiger partial charge in [-0.15, -0.1) is 0 Å². The van der Waals surface area contributed by atoms with E-state index in [0.717, 1.165) is 0 Å². The molecule has 2 aliphatic rings. The Morgan fingerprint density at radius 1 is 1.21 bits per heavy atom. The first-order valence-electron chi connectivity index (χ1n) is 7.39. The second-order valence-corrected chi connectivity index (χ2v) is 6.03. The summed E-state index contributed by atoms with van der Waals surface area (Å²) >= 11 is 5.92. The third-order valence-electron chi connectivity index (χ3n) is 4.00. The van der Waals surface area contributed by atoms with Gasteiger partial charge in [-0.1, -0.05) is 23.7 Å². The van der Waals surface area contributed by atoms with Crippen LogP contribution in [0.1, 0.15) is 6.42 Å². The van der Waals surface area contributed by atoms with Crippen molar-refractivity contribution >= 4 is 40.9 Å². The van der Waals surface area contributed by atoms with Gasteiger partial charge < -0.3 is 20.9 Å².